The zero-order chi connectivity index (χ0) is 24.1. The van der Waals surface area contributed by atoms with Crippen LogP contribution in [0.3, 0.4) is 0 Å². The van der Waals surface area contributed by atoms with Gasteiger partial charge in [-0.2, -0.15) is 5.10 Å². The molecule has 1 heterocycles. The highest BCUT2D eigenvalue weighted by Crippen LogP contribution is 2.34. The van der Waals surface area contributed by atoms with Crippen molar-refractivity contribution < 1.29 is 18.7 Å². The van der Waals surface area contributed by atoms with E-state index < -0.39 is 5.91 Å². The molecular formula is C25H19Cl3N2O4. The number of amides is 1. The Bertz CT molecular complexity index is 1330. The van der Waals surface area contributed by atoms with Gasteiger partial charge in [0, 0.05) is 10.4 Å². The molecule has 0 saturated heterocycles. The summed E-state index contributed by atoms with van der Waals surface area (Å²) in [6, 6.07) is 17.5. The van der Waals surface area contributed by atoms with Crippen LogP contribution in [0.5, 0.6) is 11.5 Å². The van der Waals surface area contributed by atoms with Gasteiger partial charge in [-0.1, -0.05) is 46.9 Å². The quantitative estimate of drug-likeness (QED) is 0.199. The number of nitrogens with one attached hydrogen (secondary N) is 1. The molecule has 0 aliphatic rings. The molecule has 0 aliphatic carbocycles. The fraction of sp³-hybridized carbons (Fsp3) is 0.120. The van der Waals surface area contributed by atoms with Gasteiger partial charge in [0.2, 0.25) is 0 Å². The molecule has 3 aromatic carbocycles. The highest BCUT2D eigenvalue weighted by Gasteiger charge is 2.13. The average molecular weight is 518 g/mol. The van der Waals surface area contributed by atoms with Crippen molar-refractivity contribution in [1.29, 1.82) is 0 Å². The minimum absolute atomic E-state index is 0.128. The molecule has 0 aliphatic heterocycles. The first-order valence-corrected chi connectivity index (χ1v) is 11.4. The van der Waals surface area contributed by atoms with E-state index in [1.165, 1.54) is 6.21 Å². The van der Waals surface area contributed by atoms with Crippen molar-refractivity contribution >= 4 is 57.9 Å². The van der Waals surface area contributed by atoms with Crippen molar-refractivity contribution in [3.8, 4) is 11.5 Å². The molecule has 1 amide bonds. The van der Waals surface area contributed by atoms with Crippen LogP contribution in [0.25, 0.3) is 11.0 Å². The first kappa shape index (κ1) is 24.0. The maximum absolute atomic E-state index is 12.4. The summed E-state index contributed by atoms with van der Waals surface area (Å²) < 4.78 is 16.8. The summed E-state index contributed by atoms with van der Waals surface area (Å²) in [5.74, 6) is 0.691. The van der Waals surface area contributed by atoms with Crippen LogP contribution in [0.2, 0.25) is 15.1 Å². The van der Waals surface area contributed by atoms with Gasteiger partial charge < -0.3 is 13.9 Å². The molecule has 6 nitrogen and oxygen atoms in total. The van der Waals surface area contributed by atoms with E-state index in [0.29, 0.717) is 44.3 Å². The molecule has 0 atom stereocenters. The fourth-order valence-electron chi connectivity index (χ4n) is 3.14. The van der Waals surface area contributed by atoms with E-state index in [9.17, 15) is 4.79 Å². The van der Waals surface area contributed by atoms with E-state index in [0.717, 1.165) is 10.9 Å². The Kier molecular flexibility index (Phi) is 7.63. The molecule has 4 aromatic rings. The maximum atomic E-state index is 12.4. The smallest absolute Gasteiger partial charge is 0.307 e. The van der Waals surface area contributed by atoms with E-state index >= 15 is 0 Å². The van der Waals surface area contributed by atoms with Crippen LogP contribution < -0.4 is 14.9 Å². The van der Waals surface area contributed by atoms with Crippen LogP contribution in [0.1, 0.15) is 28.6 Å². The van der Waals surface area contributed by atoms with Gasteiger partial charge in [-0.15, -0.1) is 0 Å². The van der Waals surface area contributed by atoms with Gasteiger partial charge in [-0.05, 0) is 66.6 Å². The van der Waals surface area contributed by atoms with Crippen molar-refractivity contribution in [2.24, 2.45) is 5.10 Å². The third kappa shape index (κ3) is 5.83. The Morgan fingerprint density at radius 3 is 2.44 bits per heavy atom. The molecule has 34 heavy (non-hydrogen) atoms. The van der Waals surface area contributed by atoms with Crippen LogP contribution >= 0.6 is 34.8 Å². The molecule has 1 aromatic heterocycles. The van der Waals surface area contributed by atoms with Gasteiger partial charge in [0.1, 0.15) is 17.9 Å². The molecule has 0 fully saturated rings. The van der Waals surface area contributed by atoms with E-state index in [1.54, 1.807) is 42.5 Å². The van der Waals surface area contributed by atoms with Gasteiger partial charge in [-0.25, -0.2) is 5.43 Å². The predicted octanol–water partition coefficient (Wildman–Crippen LogP) is 7.13. The molecule has 1 N–H and O–H groups in total. The number of hydrogen-bond donors (Lipinski definition) is 1. The lowest BCUT2D eigenvalue weighted by Crippen LogP contribution is -2.16. The largest absolute Gasteiger partial charge is 0.494 e. The Labute approximate surface area is 211 Å². The Morgan fingerprint density at radius 1 is 1.00 bits per heavy atom. The normalized spacial score (nSPS) is 11.2. The first-order chi connectivity index (χ1) is 16.4. The maximum Gasteiger partial charge on any atom is 0.307 e. The third-order valence-corrected chi connectivity index (χ3v) is 5.53. The van der Waals surface area contributed by atoms with Gasteiger partial charge in [0.25, 0.3) is 0 Å². The molecule has 174 valence electrons. The number of benzene rings is 3. The summed E-state index contributed by atoms with van der Waals surface area (Å²) in [6.45, 7) is 2.73. The van der Waals surface area contributed by atoms with E-state index in [2.05, 4.69) is 10.5 Å². The Morgan fingerprint density at radius 2 is 1.74 bits per heavy atom. The van der Waals surface area contributed by atoms with Crippen molar-refractivity contribution in [3.05, 3.63) is 92.6 Å². The number of hydrazone groups is 1. The summed E-state index contributed by atoms with van der Waals surface area (Å²) in [6.07, 6.45) is 1.43. The Balaban J connectivity index is 1.39. The van der Waals surface area contributed by atoms with E-state index in [1.807, 2.05) is 25.1 Å². The van der Waals surface area contributed by atoms with Gasteiger partial charge >= 0.3 is 5.91 Å². The van der Waals surface area contributed by atoms with Crippen molar-refractivity contribution in [2.45, 2.75) is 13.5 Å². The second kappa shape index (κ2) is 10.8. The summed E-state index contributed by atoms with van der Waals surface area (Å²) in [7, 11) is 0. The van der Waals surface area contributed by atoms with Crippen LogP contribution in [0.4, 0.5) is 0 Å². The van der Waals surface area contributed by atoms with Crippen LogP contribution in [-0.4, -0.2) is 18.7 Å². The number of furan rings is 1. The summed E-state index contributed by atoms with van der Waals surface area (Å²) in [5.41, 5.74) is 4.51. The lowest BCUT2D eigenvalue weighted by atomic mass is 10.2. The van der Waals surface area contributed by atoms with Crippen LogP contribution in [0, 0.1) is 0 Å². The van der Waals surface area contributed by atoms with Gasteiger partial charge in [0.15, 0.2) is 11.5 Å². The minimum atomic E-state index is -0.495. The zero-order valence-electron chi connectivity index (χ0n) is 18.0. The molecule has 0 unspecified atom stereocenters. The molecule has 0 spiro atoms. The molecular weight excluding hydrogens is 499 g/mol. The summed E-state index contributed by atoms with van der Waals surface area (Å²) in [5, 5.41) is 6.00. The summed E-state index contributed by atoms with van der Waals surface area (Å²) >= 11 is 18.6. The van der Waals surface area contributed by atoms with Gasteiger partial charge in [-0.3, -0.25) is 4.79 Å². The van der Waals surface area contributed by atoms with Crippen LogP contribution in [-0.2, 0) is 6.61 Å². The van der Waals surface area contributed by atoms with E-state index in [4.69, 9.17) is 48.7 Å². The lowest BCUT2D eigenvalue weighted by Gasteiger charge is -2.11. The number of halogens is 3. The number of nitrogens with zero attached hydrogens (tertiary/aromatic N) is 1. The predicted molar refractivity (Wildman–Crippen MR) is 135 cm³/mol. The molecule has 0 saturated carbocycles. The fourth-order valence-corrected chi connectivity index (χ4v) is 3.88. The molecule has 0 bridgehead atoms. The number of carbonyl (C=O) groups excluding carboxylic acids is 1. The average Bonchev–Trinajstić information content (AvgIpc) is 3.23. The zero-order valence-corrected chi connectivity index (χ0v) is 20.2. The third-order valence-electron chi connectivity index (χ3n) is 4.72. The lowest BCUT2D eigenvalue weighted by molar-refractivity contribution is 0.0929. The number of carbonyl (C=O) groups is 1. The highest BCUT2D eigenvalue weighted by molar-refractivity contribution is 6.37. The van der Waals surface area contributed by atoms with E-state index in [-0.39, 0.29) is 12.4 Å². The molecule has 9 heteroatoms. The minimum Gasteiger partial charge on any atom is -0.494 e. The molecule has 4 rings (SSSR count). The monoisotopic (exact) mass is 516 g/mol. The van der Waals surface area contributed by atoms with Crippen molar-refractivity contribution in [1.82, 2.24) is 5.43 Å². The van der Waals surface area contributed by atoms with Crippen LogP contribution in [0.15, 0.2) is 70.2 Å². The highest BCUT2D eigenvalue weighted by atomic mass is 35.5. The topological polar surface area (TPSA) is 73.1 Å². The standard InChI is InChI=1S/C25H19Cl3N2O4/c1-2-32-19-7-8-22-17(11-19)12-23(34-22)25(31)30-29-13-16-9-20(27)24(21(28)10-16)33-14-15-3-5-18(26)6-4-15/h3-13H,2,14H2,1H3,(H,30,31)/b29-13+. The second-order valence-electron chi connectivity index (χ2n) is 7.17. The number of fused-ring (bicyclic) bond motifs is 1. The number of hydrogen-bond acceptors (Lipinski definition) is 5. The second-order valence-corrected chi connectivity index (χ2v) is 8.42. The van der Waals surface area contributed by atoms with Crippen molar-refractivity contribution in [3.63, 3.8) is 0 Å². The number of ether oxygens (including phenoxy) is 2. The van der Waals surface area contributed by atoms with Gasteiger partial charge in [0.05, 0.1) is 22.9 Å². The summed E-state index contributed by atoms with van der Waals surface area (Å²) in [4.78, 5) is 12.4. The number of rotatable bonds is 8. The SMILES string of the molecule is CCOc1ccc2oc(C(=O)N/N=C/c3cc(Cl)c(OCc4ccc(Cl)cc4)c(Cl)c3)cc2c1. The first-order valence-electron chi connectivity index (χ1n) is 10.3. The molecule has 0 radical (unpaired) electrons. The van der Waals surface area contributed by atoms with Crippen molar-refractivity contribution in [2.75, 3.05) is 6.61 Å². The Hall–Kier alpha value is -3.19.